The Hall–Kier alpha value is -2.97. The van der Waals surface area contributed by atoms with Gasteiger partial charge >= 0.3 is 0 Å². The zero-order valence-corrected chi connectivity index (χ0v) is 15.3. The van der Waals surface area contributed by atoms with Gasteiger partial charge in [0.2, 0.25) is 0 Å². The summed E-state index contributed by atoms with van der Waals surface area (Å²) >= 11 is 7.42. The summed E-state index contributed by atoms with van der Waals surface area (Å²) in [6, 6.07) is 12.6. The Balaban J connectivity index is 1.54. The van der Waals surface area contributed by atoms with E-state index >= 15 is 0 Å². The lowest BCUT2D eigenvalue weighted by molar-refractivity contribution is -0.120. The second-order valence-electron chi connectivity index (χ2n) is 5.41. The van der Waals surface area contributed by atoms with Crippen molar-refractivity contribution in [3.05, 3.63) is 69.8 Å². The number of carbonyl (C=O) groups excluding carboxylic acids is 3. The third-order valence-corrected chi connectivity index (χ3v) is 5.26. The van der Waals surface area contributed by atoms with Crippen LogP contribution in [0.4, 0.5) is 4.39 Å². The summed E-state index contributed by atoms with van der Waals surface area (Å²) in [5.41, 5.74) is 3.98. The minimum atomic E-state index is -0.805. The van der Waals surface area contributed by atoms with Gasteiger partial charge in [0.05, 0.1) is 17.1 Å². The molecule has 0 atom stereocenters. The van der Waals surface area contributed by atoms with E-state index in [1.54, 1.807) is 6.07 Å². The number of nitrogens with one attached hydrogen (secondary N) is 3. The van der Waals surface area contributed by atoms with E-state index in [9.17, 15) is 18.8 Å². The zero-order valence-electron chi connectivity index (χ0n) is 13.7. The van der Waals surface area contributed by atoms with Crippen molar-refractivity contribution >= 4 is 50.7 Å². The summed E-state index contributed by atoms with van der Waals surface area (Å²) < 4.78 is 14.3. The van der Waals surface area contributed by atoms with Gasteiger partial charge in [0.15, 0.2) is 0 Å². The number of halogens is 2. The maximum Gasteiger partial charge on any atom is 0.272 e. The Kier molecular flexibility index (Phi) is 5.68. The van der Waals surface area contributed by atoms with E-state index in [1.807, 2.05) is 18.2 Å². The summed E-state index contributed by atoms with van der Waals surface area (Å²) in [6.07, 6.45) is 0. The fourth-order valence-corrected chi connectivity index (χ4v) is 3.72. The molecule has 0 aliphatic rings. The highest BCUT2D eigenvalue weighted by Crippen LogP contribution is 2.34. The molecule has 3 aromatic rings. The van der Waals surface area contributed by atoms with Crippen molar-refractivity contribution in [2.45, 2.75) is 0 Å². The van der Waals surface area contributed by atoms with Crippen LogP contribution in [-0.4, -0.2) is 24.3 Å². The van der Waals surface area contributed by atoms with Gasteiger partial charge in [-0.3, -0.25) is 25.2 Å². The quantitative estimate of drug-likeness (QED) is 0.583. The molecule has 3 amide bonds. The molecule has 3 N–H and O–H groups in total. The van der Waals surface area contributed by atoms with E-state index in [0.717, 1.165) is 16.2 Å². The third-order valence-electron chi connectivity index (χ3n) is 3.58. The van der Waals surface area contributed by atoms with Crippen LogP contribution in [0.1, 0.15) is 20.0 Å². The smallest absolute Gasteiger partial charge is 0.272 e. The first kappa shape index (κ1) is 18.8. The fraction of sp³-hybridized carbons (Fsp3) is 0.0556. The van der Waals surface area contributed by atoms with Gasteiger partial charge in [-0.2, -0.15) is 0 Å². The van der Waals surface area contributed by atoms with Crippen molar-refractivity contribution < 1.29 is 18.8 Å². The third kappa shape index (κ3) is 4.24. The molecule has 0 aliphatic carbocycles. The van der Waals surface area contributed by atoms with Gasteiger partial charge in [-0.1, -0.05) is 41.9 Å². The second kappa shape index (κ2) is 8.15. The Bertz CT molecular complexity index is 1040. The first-order chi connectivity index (χ1) is 13.0. The van der Waals surface area contributed by atoms with Crippen molar-refractivity contribution in [1.82, 2.24) is 16.2 Å². The zero-order chi connectivity index (χ0) is 19.4. The average Bonchev–Trinajstić information content (AvgIpc) is 3.01. The Morgan fingerprint density at radius 2 is 1.67 bits per heavy atom. The van der Waals surface area contributed by atoms with Crippen molar-refractivity contribution in [1.29, 1.82) is 0 Å². The molecular formula is C18H13ClFN3O3S. The molecule has 0 bridgehead atoms. The van der Waals surface area contributed by atoms with Gasteiger partial charge in [-0.15, -0.1) is 11.3 Å². The lowest BCUT2D eigenvalue weighted by Gasteiger charge is -2.08. The summed E-state index contributed by atoms with van der Waals surface area (Å²) in [4.78, 5) is 36.1. The first-order valence-corrected chi connectivity index (χ1v) is 8.95. The van der Waals surface area contributed by atoms with Gasteiger partial charge in [0, 0.05) is 10.1 Å². The number of hydrogen-bond acceptors (Lipinski definition) is 4. The summed E-state index contributed by atoms with van der Waals surface area (Å²) in [5.74, 6) is -2.70. The number of amides is 3. The van der Waals surface area contributed by atoms with Crippen LogP contribution in [0.15, 0.2) is 48.5 Å². The van der Waals surface area contributed by atoms with Gasteiger partial charge < -0.3 is 5.32 Å². The molecular weight excluding hydrogens is 393 g/mol. The standard InChI is InChI=1S/C18H13ClFN3O3S/c19-15-11-6-2-4-8-13(11)27-16(15)18(26)21-9-14(24)22-23-17(25)10-5-1-3-7-12(10)20/h1-8H,9H2,(H,21,26)(H,22,24)(H,23,25). The predicted molar refractivity (Wildman–Crippen MR) is 101 cm³/mol. The van der Waals surface area contributed by atoms with Crippen LogP contribution in [0.2, 0.25) is 5.02 Å². The lowest BCUT2D eigenvalue weighted by atomic mass is 10.2. The van der Waals surface area contributed by atoms with Crippen LogP contribution < -0.4 is 16.2 Å². The number of hydrazine groups is 1. The summed E-state index contributed by atoms with van der Waals surface area (Å²) in [7, 11) is 0. The highest BCUT2D eigenvalue weighted by Gasteiger charge is 2.18. The van der Waals surface area contributed by atoms with Crippen molar-refractivity contribution in [2.24, 2.45) is 0 Å². The van der Waals surface area contributed by atoms with Gasteiger partial charge in [-0.05, 0) is 18.2 Å². The van der Waals surface area contributed by atoms with Gasteiger partial charge in [-0.25, -0.2) is 4.39 Å². The molecule has 0 fully saturated rings. The van der Waals surface area contributed by atoms with Crippen LogP contribution in [0.5, 0.6) is 0 Å². The van der Waals surface area contributed by atoms with Crippen LogP contribution in [0, 0.1) is 5.82 Å². The molecule has 0 spiro atoms. The van der Waals surface area contributed by atoms with E-state index in [1.165, 1.54) is 29.5 Å². The molecule has 6 nitrogen and oxygen atoms in total. The molecule has 3 rings (SSSR count). The molecule has 9 heteroatoms. The van der Waals surface area contributed by atoms with Gasteiger partial charge in [0.1, 0.15) is 10.7 Å². The monoisotopic (exact) mass is 405 g/mol. The molecule has 0 aliphatic heterocycles. The molecule has 0 unspecified atom stereocenters. The van der Waals surface area contributed by atoms with Crippen LogP contribution in [-0.2, 0) is 4.79 Å². The Morgan fingerprint density at radius 1 is 0.963 bits per heavy atom. The SMILES string of the molecule is O=C(CNC(=O)c1sc2ccccc2c1Cl)NNC(=O)c1ccccc1F. The molecule has 1 heterocycles. The first-order valence-electron chi connectivity index (χ1n) is 7.76. The second-order valence-corrected chi connectivity index (χ2v) is 6.84. The molecule has 0 radical (unpaired) electrons. The molecule has 27 heavy (non-hydrogen) atoms. The predicted octanol–water partition coefficient (Wildman–Crippen LogP) is 2.88. The van der Waals surface area contributed by atoms with E-state index in [2.05, 4.69) is 16.2 Å². The summed E-state index contributed by atoms with van der Waals surface area (Å²) in [6.45, 7) is -0.388. The number of fused-ring (bicyclic) bond motifs is 1. The maximum atomic E-state index is 13.5. The summed E-state index contributed by atoms with van der Waals surface area (Å²) in [5, 5.41) is 3.51. The molecule has 138 valence electrons. The topological polar surface area (TPSA) is 87.3 Å². The van der Waals surface area contributed by atoms with Crippen molar-refractivity contribution in [2.75, 3.05) is 6.54 Å². The van der Waals surface area contributed by atoms with Crippen LogP contribution in [0.3, 0.4) is 0 Å². The maximum absolute atomic E-state index is 13.5. The average molecular weight is 406 g/mol. The number of benzene rings is 2. The lowest BCUT2D eigenvalue weighted by Crippen LogP contribution is -2.46. The van der Waals surface area contributed by atoms with E-state index < -0.39 is 23.5 Å². The number of thiophene rings is 1. The molecule has 0 saturated heterocycles. The number of carbonyl (C=O) groups is 3. The van der Waals surface area contributed by atoms with E-state index in [4.69, 9.17) is 11.6 Å². The molecule has 1 aromatic heterocycles. The minimum absolute atomic E-state index is 0.209. The normalized spacial score (nSPS) is 10.4. The highest BCUT2D eigenvalue weighted by molar-refractivity contribution is 7.21. The van der Waals surface area contributed by atoms with Gasteiger partial charge in [0.25, 0.3) is 17.7 Å². The van der Waals surface area contributed by atoms with E-state index in [0.29, 0.717) is 9.90 Å². The van der Waals surface area contributed by atoms with E-state index in [-0.39, 0.29) is 12.1 Å². The molecule has 0 saturated carbocycles. The Labute approximate surface area is 162 Å². The Morgan fingerprint density at radius 3 is 2.41 bits per heavy atom. The van der Waals surface area contributed by atoms with Crippen molar-refractivity contribution in [3.63, 3.8) is 0 Å². The van der Waals surface area contributed by atoms with Crippen LogP contribution >= 0.6 is 22.9 Å². The highest BCUT2D eigenvalue weighted by atomic mass is 35.5. The fourth-order valence-electron chi connectivity index (χ4n) is 2.28. The van der Waals surface area contributed by atoms with Crippen molar-refractivity contribution in [3.8, 4) is 0 Å². The number of hydrogen-bond donors (Lipinski definition) is 3. The largest absolute Gasteiger partial charge is 0.342 e. The minimum Gasteiger partial charge on any atom is -0.342 e. The van der Waals surface area contributed by atoms with Crippen LogP contribution in [0.25, 0.3) is 10.1 Å². The molecule has 2 aromatic carbocycles. The number of rotatable bonds is 4.